The summed E-state index contributed by atoms with van der Waals surface area (Å²) in [7, 11) is 0. The van der Waals surface area contributed by atoms with Gasteiger partial charge in [0.05, 0.1) is 10.7 Å². The van der Waals surface area contributed by atoms with E-state index in [1.807, 2.05) is 36.4 Å². The molecule has 0 aliphatic carbocycles. The van der Waals surface area contributed by atoms with Gasteiger partial charge in [-0.05, 0) is 35.0 Å². The van der Waals surface area contributed by atoms with Gasteiger partial charge in [0, 0.05) is 14.6 Å². The molecule has 0 spiro atoms. The molecule has 0 aliphatic heterocycles. The van der Waals surface area contributed by atoms with Crippen molar-refractivity contribution >= 4 is 71.3 Å². The normalized spacial score (nSPS) is 11.2. The Hall–Kier alpha value is -1.95. The second-order valence-electron chi connectivity index (χ2n) is 5.48. The second kappa shape index (κ2) is 6.41. The Morgan fingerprint density at radius 1 is 1.12 bits per heavy atom. The van der Waals surface area contributed by atoms with Crippen molar-refractivity contribution in [2.24, 2.45) is 0 Å². The van der Waals surface area contributed by atoms with E-state index in [1.165, 1.54) is 23.5 Å². The molecule has 4 aromatic rings. The van der Waals surface area contributed by atoms with Gasteiger partial charge in [0.25, 0.3) is 5.91 Å². The summed E-state index contributed by atoms with van der Waals surface area (Å²) in [6.45, 7) is 0. The van der Waals surface area contributed by atoms with Crippen LogP contribution in [0.1, 0.15) is 9.67 Å². The number of fused-ring (bicyclic) bond motifs is 3. The molecule has 25 heavy (non-hydrogen) atoms. The van der Waals surface area contributed by atoms with E-state index in [9.17, 15) is 9.18 Å². The Morgan fingerprint density at radius 3 is 2.72 bits per heavy atom. The summed E-state index contributed by atoms with van der Waals surface area (Å²) < 4.78 is 15.5. The average Bonchev–Trinajstić information content (AvgIpc) is 2.95. The van der Waals surface area contributed by atoms with Crippen molar-refractivity contribution in [3.05, 3.63) is 74.8 Å². The fourth-order valence-electron chi connectivity index (χ4n) is 2.75. The molecule has 0 fully saturated rings. The van der Waals surface area contributed by atoms with E-state index in [0.29, 0.717) is 14.4 Å². The lowest BCUT2D eigenvalue weighted by molar-refractivity contribution is 0.103. The van der Waals surface area contributed by atoms with Crippen LogP contribution in [0.2, 0.25) is 5.02 Å². The number of nitrogens with one attached hydrogen (secondary N) is 1. The predicted molar refractivity (Wildman–Crippen MR) is 106 cm³/mol. The third-order valence-corrected chi connectivity index (χ3v) is 6.04. The number of carbonyl (C=O) groups excluding carboxylic acids is 1. The van der Waals surface area contributed by atoms with Crippen LogP contribution in [0.15, 0.2) is 59.1 Å². The highest BCUT2D eigenvalue weighted by Gasteiger charge is 2.19. The first-order chi connectivity index (χ1) is 12.0. The number of hydrogen-bond acceptors (Lipinski definition) is 2. The van der Waals surface area contributed by atoms with E-state index in [0.717, 1.165) is 20.9 Å². The van der Waals surface area contributed by atoms with E-state index < -0.39 is 11.7 Å². The molecule has 0 atom stereocenters. The molecule has 1 aromatic heterocycles. The summed E-state index contributed by atoms with van der Waals surface area (Å²) in [5.74, 6) is -0.929. The van der Waals surface area contributed by atoms with Crippen molar-refractivity contribution in [2.45, 2.75) is 0 Å². The van der Waals surface area contributed by atoms with Crippen LogP contribution >= 0.6 is 38.9 Å². The molecule has 0 saturated heterocycles. The summed E-state index contributed by atoms with van der Waals surface area (Å²) in [5.41, 5.74) is 0.117. The van der Waals surface area contributed by atoms with Gasteiger partial charge in [-0.1, -0.05) is 57.9 Å². The molecule has 2 nitrogen and oxygen atoms in total. The molecular formula is C19H10BrClFNOS. The lowest BCUT2D eigenvalue weighted by Crippen LogP contribution is -2.11. The molecule has 124 valence electrons. The van der Waals surface area contributed by atoms with Crippen molar-refractivity contribution in [3.8, 4) is 0 Å². The second-order valence-corrected chi connectivity index (χ2v) is 7.83. The number of thiophene rings is 1. The highest BCUT2D eigenvalue weighted by molar-refractivity contribution is 9.10. The zero-order valence-corrected chi connectivity index (χ0v) is 15.8. The Balaban J connectivity index is 1.80. The van der Waals surface area contributed by atoms with Gasteiger partial charge in [-0.3, -0.25) is 4.79 Å². The largest absolute Gasteiger partial charge is 0.319 e. The smallest absolute Gasteiger partial charge is 0.267 e. The minimum atomic E-state index is -0.509. The first-order valence-corrected chi connectivity index (χ1v) is 9.39. The number of amides is 1. The maximum Gasteiger partial charge on any atom is 0.267 e. The number of hydrogen-bond donors (Lipinski definition) is 1. The van der Waals surface area contributed by atoms with Crippen LogP contribution in [-0.4, -0.2) is 5.91 Å². The SMILES string of the molecule is O=C(Nc1ccc(Br)cc1F)c1sc2ccc3ccccc3c2c1Cl. The minimum absolute atomic E-state index is 0.117. The lowest BCUT2D eigenvalue weighted by Gasteiger charge is -2.05. The number of carbonyl (C=O) groups is 1. The van der Waals surface area contributed by atoms with Crippen LogP contribution in [0, 0.1) is 5.82 Å². The molecule has 1 N–H and O–H groups in total. The first kappa shape index (κ1) is 16.5. The Kier molecular flexibility index (Phi) is 4.23. The zero-order valence-electron chi connectivity index (χ0n) is 12.6. The van der Waals surface area contributed by atoms with E-state index >= 15 is 0 Å². The van der Waals surface area contributed by atoms with E-state index in [-0.39, 0.29) is 5.69 Å². The topological polar surface area (TPSA) is 29.1 Å². The van der Waals surface area contributed by atoms with Crippen LogP contribution in [0.5, 0.6) is 0 Å². The van der Waals surface area contributed by atoms with Crippen LogP contribution in [-0.2, 0) is 0 Å². The highest BCUT2D eigenvalue weighted by atomic mass is 79.9. The third kappa shape index (κ3) is 2.92. The summed E-state index contributed by atoms with van der Waals surface area (Å²) in [6, 6.07) is 16.3. The molecule has 0 unspecified atom stereocenters. The molecular weight excluding hydrogens is 425 g/mol. The van der Waals surface area contributed by atoms with Gasteiger partial charge < -0.3 is 5.32 Å². The van der Waals surface area contributed by atoms with Gasteiger partial charge in [-0.2, -0.15) is 0 Å². The van der Waals surface area contributed by atoms with Crippen molar-refractivity contribution in [1.29, 1.82) is 0 Å². The van der Waals surface area contributed by atoms with Crippen LogP contribution < -0.4 is 5.32 Å². The summed E-state index contributed by atoms with van der Waals surface area (Å²) in [5, 5.41) is 5.89. The van der Waals surface area contributed by atoms with Crippen LogP contribution in [0.4, 0.5) is 10.1 Å². The molecule has 0 aliphatic rings. The van der Waals surface area contributed by atoms with Crippen LogP contribution in [0.25, 0.3) is 20.9 Å². The van der Waals surface area contributed by atoms with E-state index in [2.05, 4.69) is 21.2 Å². The molecule has 0 radical (unpaired) electrons. The maximum absolute atomic E-state index is 14.0. The zero-order chi connectivity index (χ0) is 17.6. The van der Waals surface area contributed by atoms with Gasteiger partial charge in [-0.15, -0.1) is 11.3 Å². The maximum atomic E-state index is 14.0. The van der Waals surface area contributed by atoms with Gasteiger partial charge in [0.15, 0.2) is 0 Å². The predicted octanol–water partition coefficient (Wildman–Crippen LogP) is 6.86. The average molecular weight is 435 g/mol. The third-order valence-electron chi connectivity index (χ3n) is 3.91. The number of rotatable bonds is 2. The number of halogens is 3. The van der Waals surface area contributed by atoms with Crippen molar-refractivity contribution in [1.82, 2.24) is 0 Å². The van der Waals surface area contributed by atoms with E-state index in [4.69, 9.17) is 11.6 Å². The summed E-state index contributed by atoms with van der Waals surface area (Å²) in [6.07, 6.45) is 0. The summed E-state index contributed by atoms with van der Waals surface area (Å²) in [4.78, 5) is 13.0. The molecule has 4 rings (SSSR count). The number of anilines is 1. The lowest BCUT2D eigenvalue weighted by atomic mass is 10.1. The Bertz CT molecular complexity index is 1140. The summed E-state index contributed by atoms with van der Waals surface area (Å²) >= 11 is 11.0. The Morgan fingerprint density at radius 2 is 1.92 bits per heavy atom. The highest BCUT2D eigenvalue weighted by Crippen LogP contribution is 2.40. The minimum Gasteiger partial charge on any atom is -0.319 e. The molecule has 1 amide bonds. The molecule has 6 heteroatoms. The molecule has 0 saturated carbocycles. The molecule has 3 aromatic carbocycles. The van der Waals surface area contributed by atoms with Gasteiger partial charge in [0.2, 0.25) is 0 Å². The van der Waals surface area contributed by atoms with Crippen LogP contribution in [0.3, 0.4) is 0 Å². The Labute approximate surface area is 160 Å². The standard InChI is InChI=1S/C19H10BrClFNOS/c20-11-6-7-14(13(22)9-11)23-19(24)18-17(21)16-12-4-2-1-3-10(12)5-8-15(16)25-18/h1-9H,(H,23,24). The van der Waals surface area contributed by atoms with Crippen molar-refractivity contribution < 1.29 is 9.18 Å². The van der Waals surface area contributed by atoms with Gasteiger partial charge in [0.1, 0.15) is 10.7 Å². The van der Waals surface area contributed by atoms with Gasteiger partial charge in [-0.25, -0.2) is 4.39 Å². The fraction of sp³-hybridized carbons (Fsp3) is 0. The van der Waals surface area contributed by atoms with Crippen molar-refractivity contribution in [2.75, 3.05) is 5.32 Å². The van der Waals surface area contributed by atoms with Gasteiger partial charge >= 0.3 is 0 Å². The van der Waals surface area contributed by atoms with E-state index in [1.54, 1.807) is 6.07 Å². The first-order valence-electron chi connectivity index (χ1n) is 7.41. The quantitative estimate of drug-likeness (QED) is 0.367. The number of benzene rings is 3. The fourth-order valence-corrected chi connectivity index (χ4v) is 4.55. The molecule has 0 bridgehead atoms. The molecule has 1 heterocycles. The van der Waals surface area contributed by atoms with Crippen molar-refractivity contribution in [3.63, 3.8) is 0 Å². The monoisotopic (exact) mass is 433 g/mol.